The molecule has 0 bridgehead atoms. The van der Waals surface area contributed by atoms with Crippen LogP contribution in [0, 0.1) is 11.9 Å². The van der Waals surface area contributed by atoms with Crippen molar-refractivity contribution in [1.29, 1.82) is 0 Å². The predicted octanol–water partition coefficient (Wildman–Crippen LogP) is 2.97. The predicted molar refractivity (Wildman–Crippen MR) is 65.2 cm³/mol. The molecule has 98 valence electrons. The van der Waals surface area contributed by atoms with Gasteiger partial charge in [0.1, 0.15) is 5.75 Å². The Bertz CT molecular complexity index is 650. The van der Waals surface area contributed by atoms with Crippen LogP contribution in [0.15, 0.2) is 30.3 Å². The minimum absolute atomic E-state index is 0.00893. The number of halogens is 3. The highest BCUT2D eigenvalue weighted by Crippen LogP contribution is 2.24. The number of carbonyl (C=O) groups is 1. The van der Waals surface area contributed by atoms with E-state index in [0.29, 0.717) is 0 Å². The van der Waals surface area contributed by atoms with Crippen LogP contribution in [0.2, 0.25) is 5.02 Å². The average Bonchev–Trinajstić information content (AvgIpc) is 2.36. The zero-order valence-electron chi connectivity index (χ0n) is 9.32. The van der Waals surface area contributed by atoms with E-state index in [-0.39, 0.29) is 22.0 Å². The summed E-state index contributed by atoms with van der Waals surface area (Å²) in [7, 11) is 0. The van der Waals surface area contributed by atoms with Gasteiger partial charge in [-0.1, -0.05) is 11.6 Å². The van der Waals surface area contributed by atoms with Crippen LogP contribution in [0.25, 0.3) is 0 Å². The van der Waals surface area contributed by atoms with Crippen LogP contribution >= 0.6 is 11.6 Å². The minimum Gasteiger partial charge on any atom is -0.506 e. The summed E-state index contributed by atoms with van der Waals surface area (Å²) in [6.07, 6.45) is 0. The molecule has 0 aliphatic carbocycles. The number of benzene rings is 1. The number of phenols is 1. The maximum atomic E-state index is 13.2. The van der Waals surface area contributed by atoms with Gasteiger partial charge in [0.25, 0.3) is 5.91 Å². The number of aromatic nitrogens is 1. The van der Waals surface area contributed by atoms with Gasteiger partial charge in [0.2, 0.25) is 11.9 Å². The number of amides is 1. The summed E-state index contributed by atoms with van der Waals surface area (Å²) in [5, 5.41) is 11.4. The Balaban J connectivity index is 2.23. The second-order valence-electron chi connectivity index (χ2n) is 3.59. The normalized spacial score (nSPS) is 10.3. The van der Waals surface area contributed by atoms with Gasteiger partial charge in [-0.2, -0.15) is 13.8 Å². The van der Waals surface area contributed by atoms with Crippen LogP contribution in [-0.4, -0.2) is 16.0 Å². The molecule has 4 nitrogen and oxygen atoms in total. The van der Waals surface area contributed by atoms with Crippen LogP contribution in [0.5, 0.6) is 5.75 Å². The minimum atomic E-state index is -1.13. The average molecular weight is 285 g/mol. The van der Waals surface area contributed by atoms with Crippen molar-refractivity contribution in [2.24, 2.45) is 0 Å². The topological polar surface area (TPSA) is 62.2 Å². The highest BCUT2D eigenvalue weighted by atomic mass is 35.5. The molecule has 2 N–H and O–H groups in total. The lowest BCUT2D eigenvalue weighted by Crippen LogP contribution is -2.13. The van der Waals surface area contributed by atoms with Crippen molar-refractivity contribution in [2.45, 2.75) is 0 Å². The van der Waals surface area contributed by atoms with E-state index in [0.717, 1.165) is 12.1 Å². The van der Waals surface area contributed by atoms with Crippen molar-refractivity contribution in [3.8, 4) is 5.75 Å². The quantitative estimate of drug-likeness (QED) is 0.834. The lowest BCUT2D eigenvalue weighted by atomic mass is 10.2. The highest BCUT2D eigenvalue weighted by molar-refractivity contribution is 6.32. The van der Waals surface area contributed by atoms with Crippen molar-refractivity contribution in [3.63, 3.8) is 0 Å². The molecule has 0 atom stereocenters. The Morgan fingerprint density at radius 2 is 2.00 bits per heavy atom. The highest BCUT2D eigenvalue weighted by Gasteiger charge is 2.12. The number of nitrogens with one attached hydrogen (secondary N) is 1. The smallest absolute Gasteiger partial charge is 0.255 e. The third-order valence-electron chi connectivity index (χ3n) is 2.27. The van der Waals surface area contributed by atoms with E-state index in [1.54, 1.807) is 0 Å². The molecule has 0 aliphatic heterocycles. The van der Waals surface area contributed by atoms with Gasteiger partial charge < -0.3 is 10.4 Å². The third-order valence-corrected chi connectivity index (χ3v) is 2.58. The standard InChI is InChI=1S/C12H7ClF2N2O2/c13-7-5-6(1-3-9(7)18)12(19)16-8-2-4-10(14)17-11(8)15/h1-5,18H,(H,16,19). The van der Waals surface area contributed by atoms with Gasteiger partial charge in [0, 0.05) is 5.56 Å². The van der Waals surface area contributed by atoms with E-state index in [1.165, 1.54) is 18.2 Å². The number of aromatic hydroxyl groups is 1. The molecule has 0 unspecified atom stereocenters. The number of nitrogens with zero attached hydrogens (tertiary/aromatic N) is 1. The molecule has 2 aromatic rings. The Morgan fingerprint density at radius 3 is 2.63 bits per heavy atom. The fourth-order valence-corrected chi connectivity index (χ4v) is 1.53. The van der Waals surface area contributed by atoms with Gasteiger partial charge in [0.05, 0.1) is 10.7 Å². The summed E-state index contributed by atoms with van der Waals surface area (Å²) in [6.45, 7) is 0. The SMILES string of the molecule is O=C(Nc1ccc(F)nc1F)c1ccc(O)c(Cl)c1. The molecule has 1 amide bonds. The van der Waals surface area contributed by atoms with Crippen molar-refractivity contribution in [1.82, 2.24) is 4.98 Å². The van der Waals surface area contributed by atoms with Crippen molar-refractivity contribution < 1.29 is 18.7 Å². The largest absolute Gasteiger partial charge is 0.506 e. The summed E-state index contributed by atoms with van der Waals surface area (Å²) >= 11 is 5.65. The van der Waals surface area contributed by atoms with Gasteiger partial charge in [0.15, 0.2) is 0 Å². The lowest BCUT2D eigenvalue weighted by molar-refractivity contribution is 0.102. The maximum absolute atomic E-state index is 13.2. The van der Waals surface area contributed by atoms with Gasteiger partial charge in [-0.15, -0.1) is 0 Å². The van der Waals surface area contributed by atoms with Gasteiger partial charge >= 0.3 is 0 Å². The first-order chi connectivity index (χ1) is 8.97. The Labute approximate surface area is 111 Å². The lowest BCUT2D eigenvalue weighted by Gasteiger charge is -2.06. The molecule has 0 radical (unpaired) electrons. The molecular formula is C12H7ClF2N2O2. The first kappa shape index (κ1) is 13.2. The first-order valence-corrected chi connectivity index (χ1v) is 5.47. The second kappa shape index (κ2) is 5.19. The molecule has 1 heterocycles. The van der Waals surface area contributed by atoms with E-state index >= 15 is 0 Å². The number of hydrogen-bond donors (Lipinski definition) is 2. The van der Waals surface area contributed by atoms with Crippen LogP contribution in [0.1, 0.15) is 10.4 Å². The van der Waals surface area contributed by atoms with Crippen molar-refractivity contribution in [3.05, 3.63) is 52.8 Å². The van der Waals surface area contributed by atoms with Gasteiger partial charge in [-0.25, -0.2) is 0 Å². The maximum Gasteiger partial charge on any atom is 0.255 e. The fourth-order valence-electron chi connectivity index (χ4n) is 1.35. The van der Waals surface area contributed by atoms with E-state index in [4.69, 9.17) is 11.6 Å². The molecule has 0 fully saturated rings. The van der Waals surface area contributed by atoms with Crippen molar-refractivity contribution >= 4 is 23.2 Å². The van der Waals surface area contributed by atoms with Crippen LogP contribution < -0.4 is 5.32 Å². The zero-order valence-corrected chi connectivity index (χ0v) is 10.1. The summed E-state index contributed by atoms with van der Waals surface area (Å²) in [5.74, 6) is -2.94. The Hall–Kier alpha value is -2.21. The van der Waals surface area contributed by atoms with Gasteiger partial charge in [-0.05, 0) is 30.3 Å². The number of phenolic OH excluding ortho intramolecular Hbond substituents is 1. The number of carbonyl (C=O) groups excluding carboxylic acids is 1. The number of rotatable bonds is 2. The van der Waals surface area contributed by atoms with E-state index in [2.05, 4.69) is 10.3 Å². The summed E-state index contributed by atoms with van der Waals surface area (Å²) in [4.78, 5) is 14.7. The van der Waals surface area contributed by atoms with E-state index in [1.807, 2.05) is 0 Å². The Kier molecular flexibility index (Phi) is 3.62. The first-order valence-electron chi connectivity index (χ1n) is 5.09. The molecule has 2 rings (SSSR count). The van der Waals surface area contributed by atoms with E-state index < -0.39 is 17.8 Å². The molecular weight excluding hydrogens is 278 g/mol. The molecule has 1 aromatic heterocycles. The molecule has 7 heteroatoms. The number of anilines is 1. The Morgan fingerprint density at radius 1 is 1.26 bits per heavy atom. The van der Waals surface area contributed by atoms with E-state index in [9.17, 15) is 18.7 Å². The van der Waals surface area contributed by atoms with Crippen LogP contribution in [-0.2, 0) is 0 Å². The fraction of sp³-hybridized carbons (Fsp3) is 0. The monoisotopic (exact) mass is 284 g/mol. The van der Waals surface area contributed by atoms with Crippen molar-refractivity contribution in [2.75, 3.05) is 5.32 Å². The molecule has 0 saturated heterocycles. The molecule has 0 saturated carbocycles. The van der Waals surface area contributed by atoms with Crippen LogP contribution in [0.4, 0.5) is 14.5 Å². The van der Waals surface area contributed by atoms with Gasteiger partial charge in [-0.3, -0.25) is 4.79 Å². The van der Waals surface area contributed by atoms with Crippen LogP contribution in [0.3, 0.4) is 0 Å². The number of pyridine rings is 1. The molecule has 1 aromatic carbocycles. The summed E-state index contributed by atoms with van der Waals surface area (Å²) in [6, 6.07) is 5.74. The molecule has 19 heavy (non-hydrogen) atoms. The second-order valence-corrected chi connectivity index (χ2v) is 4.00. The molecule has 0 aliphatic rings. The number of hydrogen-bond acceptors (Lipinski definition) is 3. The molecule has 0 spiro atoms. The third kappa shape index (κ3) is 2.97. The zero-order chi connectivity index (χ0) is 14.0. The summed E-state index contributed by atoms with van der Waals surface area (Å²) in [5.41, 5.74) is -0.137. The summed E-state index contributed by atoms with van der Waals surface area (Å²) < 4.78 is 25.8.